The van der Waals surface area contributed by atoms with Gasteiger partial charge >= 0.3 is 0 Å². The second-order valence-corrected chi connectivity index (χ2v) is 7.93. The molecule has 2 aromatic carbocycles. The Morgan fingerprint density at radius 1 is 1.11 bits per heavy atom. The first-order valence-electron chi connectivity index (χ1n) is 8.56. The summed E-state index contributed by atoms with van der Waals surface area (Å²) in [5.41, 5.74) is 1.27. The molecule has 150 valence electrons. The quantitative estimate of drug-likeness (QED) is 0.699. The Morgan fingerprint density at radius 3 is 2.39 bits per heavy atom. The Labute approximate surface area is 163 Å². The first-order chi connectivity index (χ1) is 13.2. The van der Waals surface area contributed by atoms with Gasteiger partial charge in [0.2, 0.25) is 15.9 Å². The van der Waals surface area contributed by atoms with Gasteiger partial charge in [-0.3, -0.25) is 14.3 Å². The van der Waals surface area contributed by atoms with Gasteiger partial charge in [0, 0.05) is 24.3 Å². The van der Waals surface area contributed by atoms with Crippen LogP contribution in [0, 0.1) is 5.82 Å². The maximum absolute atomic E-state index is 12.9. The Morgan fingerprint density at radius 2 is 1.79 bits per heavy atom. The zero-order valence-electron chi connectivity index (χ0n) is 15.6. The summed E-state index contributed by atoms with van der Waals surface area (Å²) in [4.78, 5) is 26.2. The highest BCUT2D eigenvalue weighted by atomic mass is 32.2. The van der Waals surface area contributed by atoms with Gasteiger partial charge in [0.25, 0.3) is 5.91 Å². The lowest BCUT2D eigenvalue weighted by molar-refractivity contribution is -0.121. The molecule has 7 nitrogen and oxygen atoms in total. The van der Waals surface area contributed by atoms with Gasteiger partial charge in [0.1, 0.15) is 5.82 Å². The van der Waals surface area contributed by atoms with E-state index < -0.39 is 15.9 Å². The minimum atomic E-state index is -3.46. The van der Waals surface area contributed by atoms with Crippen LogP contribution >= 0.6 is 0 Å². The molecule has 0 heterocycles. The van der Waals surface area contributed by atoms with Crippen molar-refractivity contribution in [2.24, 2.45) is 0 Å². The summed E-state index contributed by atoms with van der Waals surface area (Å²) >= 11 is 0. The van der Waals surface area contributed by atoms with Crippen molar-refractivity contribution in [2.75, 3.05) is 24.1 Å². The standard InChI is InChI=1S/C19H22FN3O4S/c1-3-23(13-18(24)21-12-14-7-9-16(20)10-8-14)19(25)15-5-4-6-17(11-15)22-28(2,26)27/h4-11,22H,3,12-13H2,1-2H3,(H,21,24). The Balaban J connectivity index is 1.99. The molecule has 2 aromatic rings. The van der Waals surface area contributed by atoms with Crippen molar-refractivity contribution in [2.45, 2.75) is 13.5 Å². The fourth-order valence-corrected chi connectivity index (χ4v) is 3.03. The van der Waals surface area contributed by atoms with Crippen LogP contribution in [-0.2, 0) is 21.4 Å². The van der Waals surface area contributed by atoms with E-state index in [4.69, 9.17) is 0 Å². The first-order valence-corrected chi connectivity index (χ1v) is 10.5. The van der Waals surface area contributed by atoms with E-state index in [9.17, 15) is 22.4 Å². The number of sulfonamides is 1. The molecule has 28 heavy (non-hydrogen) atoms. The molecule has 0 saturated carbocycles. The molecule has 0 radical (unpaired) electrons. The number of rotatable bonds is 8. The third-order valence-electron chi connectivity index (χ3n) is 3.82. The third kappa shape index (κ3) is 6.66. The number of hydrogen-bond acceptors (Lipinski definition) is 4. The Bertz CT molecular complexity index is 946. The van der Waals surface area contributed by atoms with Gasteiger partial charge in [-0.25, -0.2) is 12.8 Å². The van der Waals surface area contributed by atoms with Crippen LogP contribution in [0.4, 0.5) is 10.1 Å². The SMILES string of the molecule is CCN(CC(=O)NCc1ccc(F)cc1)C(=O)c1cccc(NS(C)(=O)=O)c1. The van der Waals surface area contributed by atoms with Crippen LogP contribution < -0.4 is 10.0 Å². The molecule has 0 aliphatic heterocycles. The summed E-state index contributed by atoms with van der Waals surface area (Å²) in [6, 6.07) is 11.8. The lowest BCUT2D eigenvalue weighted by atomic mass is 10.1. The summed E-state index contributed by atoms with van der Waals surface area (Å²) in [6.45, 7) is 2.11. The third-order valence-corrected chi connectivity index (χ3v) is 4.43. The zero-order valence-corrected chi connectivity index (χ0v) is 16.4. The zero-order chi connectivity index (χ0) is 20.7. The second-order valence-electron chi connectivity index (χ2n) is 6.18. The molecule has 0 aromatic heterocycles. The van der Waals surface area contributed by atoms with E-state index in [0.717, 1.165) is 11.8 Å². The number of nitrogens with zero attached hydrogens (tertiary/aromatic N) is 1. The van der Waals surface area contributed by atoms with Crippen molar-refractivity contribution in [3.05, 3.63) is 65.5 Å². The number of carbonyl (C=O) groups is 2. The van der Waals surface area contributed by atoms with E-state index in [0.29, 0.717) is 6.54 Å². The van der Waals surface area contributed by atoms with Gasteiger partial charge in [-0.1, -0.05) is 18.2 Å². The smallest absolute Gasteiger partial charge is 0.254 e. The number of nitrogens with one attached hydrogen (secondary N) is 2. The molecule has 0 unspecified atom stereocenters. The summed E-state index contributed by atoms with van der Waals surface area (Å²) in [5.74, 6) is -1.10. The molecule has 0 spiro atoms. The molecule has 0 atom stereocenters. The van der Waals surface area contributed by atoms with Gasteiger partial charge in [0.05, 0.1) is 12.8 Å². The van der Waals surface area contributed by atoms with Crippen LogP contribution in [-0.4, -0.2) is 44.5 Å². The predicted molar refractivity (Wildman–Crippen MR) is 105 cm³/mol. The minimum absolute atomic E-state index is 0.153. The molecule has 2 N–H and O–H groups in total. The van der Waals surface area contributed by atoms with Crippen molar-refractivity contribution in [1.82, 2.24) is 10.2 Å². The second kappa shape index (κ2) is 9.32. The molecule has 9 heteroatoms. The van der Waals surface area contributed by atoms with Crippen molar-refractivity contribution < 1.29 is 22.4 Å². The lowest BCUT2D eigenvalue weighted by Crippen LogP contribution is -2.40. The molecular formula is C19H22FN3O4S. The van der Waals surface area contributed by atoms with E-state index in [1.165, 1.54) is 29.2 Å². The highest BCUT2D eigenvalue weighted by Crippen LogP contribution is 2.14. The molecule has 0 fully saturated rings. The number of likely N-dealkylation sites (N-methyl/N-ethyl adjacent to an activating group) is 1. The monoisotopic (exact) mass is 407 g/mol. The Kier molecular flexibility index (Phi) is 7.11. The Hall–Kier alpha value is -2.94. The van der Waals surface area contributed by atoms with E-state index in [1.54, 1.807) is 31.2 Å². The molecule has 0 aliphatic carbocycles. The fourth-order valence-electron chi connectivity index (χ4n) is 2.47. The average molecular weight is 407 g/mol. The average Bonchev–Trinajstić information content (AvgIpc) is 2.64. The number of benzene rings is 2. The summed E-state index contributed by atoms with van der Waals surface area (Å²) in [7, 11) is -3.46. The highest BCUT2D eigenvalue weighted by molar-refractivity contribution is 7.92. The van der Waals surface area contributed by atoms with Crippen LogP contribution in [0.3, 0.4) is 0 Å². The summed E-state index contributed by atoms with van der Waals surface area (Å²) in [5, 5.41) is 2.69. The maximum atomic E-state index is 12.9. The number of carbonyl (C=O) groups excluding carboxylic acids is 2. The number of hydrogen-bond donors (Lipinski definition) is 2. The van der Waals surface area contributed by atoms with Crippen LogP contribution in [0.2, 0.25) is 0 Å². The van der Waals surface area contributed by atoms with E-state index >= 15 is 0 Å². The predicted octanol–water partition coefficient (Wildman–Crippen LogP) is 1.98. The van der Waals surface area contributed by atoms with Gasteiger partial charge in [0.15, 0.2) is 0 Å². The van der Waals surface area contributed by atoms with Gasteiger partial charge in [-0.15, -0.1) is 0 Å². The van der Waals surface area contributed by atoms with Crippen LogP contribution in [0.5, 0.6) is 0 Å². The molecule has 0 aliphatic rings. The van der Waals surface area contributed by atoms with Crippen molar-refractivity contribution in [3.8, 4) is 0 Å². The first kappa shape index (κ1) is 21.4. The topological polar surface area (TPSA) is 95.6 Å². The molecule has 2 rings (SSSR count). The van der Waals surface area contributed by atoms with Crippen LogP contribution in [0.25, 0.3) is 0 Å². The van der Waals surface area contributed by atoms with Gasteiger partial charge in [-0.2, -0.15) is 0 Å². The van der Waals surface area contributed by atoms with Crippen molar-refractivity contribution in [1.29, 1.82) is 0 Å². The summed E-state index contributed by atoms with van der Waals surface area (Å²) in [6.07, 6.45) is 1.02. The molecule has 0 saturated heterocycles. The molecular weight excluding hydrogens is 385 g/mol. The lowest BCUT2D eigenvalue weighted by Gasteiger charge is -2.21. The number of halogens is 1. The van der Waals surface area contributed by atoms with Gasteiger partial charge < -0.3 is 10.2 Å². The summed E-state index contributed by atoms with van der Waals surface area (Å²) < 4.78 is 37.9. The van der Waals surface area contributed by atoms with Crippen molar-refractivity contribution in [3.63, 3.8) is 0 Å². The van der Waals surface area contributed by atoms with Crippen molar-refractivity contribution >= 4 is 27.5 Å². The largest absolute Gasteiger partial charge is 0.350 e. The minimum Gasteiger partial charge on any atom is -0.350 e. The maximum Gasteiger partial charge on any atom is 0.254 e. The normalized spacial score (nSPS) is 11.0. The molecule has 2 amide bonds. The highest BCUT2D eigenvalue weighted by Gasteiger charge is 2.18. The molecule has 0 bridgehead atoms. The van der Waals surface area contributed by atoms with E-state index in [2.05, 4.69) is 10.0 Å². The van der Waals surface area contributed by atoms with Crippen LogP contribution in [0.15, 0.2) is 48.5 Å². The van der Waals surface area contributed by atoms with Gasteiger partial charge in [-0.05, 0) is 42.8 Å². The van der Waals surface area contributed by atoms with Crippen LogP contribution in [0.1, 0.15) is 22.8 Å². The number of anilines is 1. The van der Waals surface area contributed by atoms with E-state index in [1.807, 2.05) is 0 Å². The number of amides is 2. The van der Waals surface area contributed by atoms with E-state index in [-0.39, 0.29) is 36.1 Å². The fraction of sp³-hybridized carbons (Fsp3) is 0.263.